The fourth-order valence-corrected chi connectivity index (χ4v) is 6.34. The average Bonchev–Trinajstić information content (AvgIpc) is 3.60. The summed E-state index contributed by atoms with van der Waals surface area (Å²) in [6.07, 6.45) is 5.58. The Morgan fingerprint density at radius 2 is 1.77 bits per heavy atom. The third-order valence-corrected chi connectivity index (χ3v) is 9.59. The molecule has 0 unspecified atom stereocenters. The molecule has 1 aromatic heterocycles. The highest BCUT2D eigenvalue weighted by atomic mass is 16.5. The summed E-state index contributed by atoms with van der Waals surface area (Å²) in [5, 5.41) is 5.09. The Labute approximate surface area is 276 Å². The maximum Gasteiger partial charge on any atom is 0.325 e. The molecule has 2 N–H and O–H groups in total. The molecule has 47 heavy (non-hydrogen) atoms. The van der Waals surface area contributed by atoms with Crippen molar-refractivity contribution in [1.29, 1.82) is 0 Å². The van der Waals surface area contributed by atoms with E-state index in [9.17, 15) is 24.0 Å². The maximum atomic E-state index is 14.0. The van der Waals surface area contributed by atoms with Crippen LogP contribution in [0.15, 0.2) is 36.4 Å². The molecule has 1 aromatic carbocycles. The molecular formula is C36H47N5O6. The number of nitrogens with one attached hydrogen (secondary N) is 2. The van der Waals surface area contributed by atoms with E-state index in [1.54, 1.807) is 11.8 Å². The van der Waals surface area contributed by atoms with E-state index in [0.29, 0.717) is 38.2 Å². The molecular weight excluding hydrogens is 598 g/mol. The van der Waals surface area contributed by atoms with Gasteiger partial charge in [-0.3, -0.25) is 29.0 Å². The molecule has 4 heterocycles. The fraction of sp³-hybridized carbons (Fsp3) is 0.556. The molecule has 3 amide bonds. The van der Waals surface area contributed by atoms with Gasteiger partial charge in [0.25, 0.3) is 5.91 Å². The second kappa shape index (κ2) is 14.3. The van der Waals surface area contributed by atoms with Crippen LogP contribution in [0.2, 0.25) is 0 Å². The summed E-state index contributed by atoms with van der Waals surface area (Å²) < 4.78 is 5.83. The van der Waals surface area contributed by atoms with Gasteiger partial charge in [0.1, 0.15) is 24.0 Å². The first-order valence-corrected chi connectivity index (χ1v) is 16.8. The number of esters is 1. The molecule has 2 fully saturated rings. The molecule has 252 valence electrons. The van der Waals surface area contributed by atoms with Crippen molar-refractivity contribution in [3.8, 4) is 0 Å². The number of aromatic nitrogens is 1. The first-order chi connectivity index (χ1) is 22.3. The lowest BCUT2D eigenvalue weighted by Crippen LogP contribution is -2.61. The molecule has 2 saturated heterocycles. The smallest absolute Gasteiger partial charge is 0.325 e. The molecule has 5 bridgehead atoms. The number of allylic oxidation sites excluding steroid dienone is 1. The molecule has 0 spiro atoms. The maximum absolute atomic E-state index is 14.0. The Bertz CT molecular complexity index is 1560. The molecule has 2 aromatic rings. The van der Waals surface area contributed by atoms with E-state index >= 15 is 0 Å². The summed E-state index contributed by atoms with van der Waals surface area (Å²) in [4.78, 5) is 74.6. The topological polar surface area (TPSA) is 138 Å². The van der Waals surface area contributed by atoms with Crippen molar-refractivity contribution in [2.45, 2.75) is 91.3 Å². The largest absolute Gasteiger partial charge is 0.455 e. The van der Waals surface area contributed by atoms with Crippen LogP contribution in [-0.2, 0) is 28.7 Å². The number of ketones is 1. The van der Waals surface area contributed by atoms with Crippen LogP contribution < -0.4 is 10.7 Å². The molecule has 0 aliphatic carbocycles. The lowest BCUT2D eigenvalue weighted by atomic mass is 9.79. The highest BCUT2D eigenvalue weighted by molar-refractivity contribution is 5.95. The average molecular weight is 646 g/mol. The van der Waals surface area contributed by atoms with Crippen molar-refractivity contribution >= 4 is 46.5 Å². The normalized spacial score (nSPS) is 26.8. The van der Waals surface area contributed by atoms with E-state index in [4.69, 9.17) is 9.72 Å². The number of nitrogens with zero attached hydrogens (tertiary/aromatic N) is 3. The third-order valence-electron chi connectivity index (χ3n) is 9.59. The Morgan fingerprint density at radius 1 is 1.04 bits per heavy atom. The van der Waals surface area contributed by atoms with Gasteiger partial charge in [0.15, 0.2) is 0 Å². The van der Waals surface area contributed by atoms with Crippen LogP contribution in [-0.4, -0.2) is 76.1 Å². The number of likely N-dealkylation sites (tertiary alicyclic amines) is 1. The molecule has 0 radical (unpaired) electrons. The van der Waals surface area contributed by atoms with Crippen molar-refractivity contribution < 1.29 is 28.7 Å². The molecule has 5 rings (SSSR count). The minimum absolute atomic E-state index is 0.0295. The van der Waals surface area contributed by atoms with Crippen LogP contribution in [0.5, 0.6) is 0 Å². The molecule has 0 saturated carbocycles. The SMILES string of the molecule is CC(C)[C@@H]1CC(=O)C(C)(C)/C=C/c2ccc3ccc(nc3c2)[C@@H](C)OC(=O)[C@@H]2CCCN(N2)C(=O)[C@H](CC(=O)N2CCCC2)NC1=O. The summed E-state index contributed by atoms with van der Waals surface area (Å²) in [6, 6.07) is 7.62. The van der Waals surface area contributed by atoms with Gasteiger partial charge in [-0.05, 0) is 70.1 Å². The molecule has 3 aliphatic heterocycles. The van der Waals surface area contributed by atoms with Gasteiger partial charge in [-0.15, -0.1) is 0 Å². The van der Waals surface area contributed by atoms with E-state index < -0.39 is 47.3 Å². The van der Waals surface area contributed by atoms with Gasteiger partial charge in [-0.1, -0.05) is 44.2 Å². The zero-order chi connectivity index (χ0) is 33.9. The van der Waals surface area contributed by atoms with Gasteiger partial charge in [0.2, 0.25) is 11.8 Å². The van der Waals surface area contributed by atoms with Gasteiger partial charge in [-0.2, -0.15) is 0 Å². The van der Waals surface area contributed by atoms with Gasteiger partial charge in [-0.25, -0.2) is 10.4 Å². The summed E-state index contributed by atoms with van der Waals surface area (Å²) in [5.74, 6) is -2.74. The van der Waals surface area contributed by atoms with Crippen molar-refractivity contribution in [2.75, 3.05) is 19.6 Å². The third kappa shape index (κ3) is 8.06. The number of ether oxygens (including phenoxy) is 1. The van der Waals surface area contributed by atoms with Crippen molar-refractivity contribution in [3.05, 3.63) is 47.7 Å². The monoisotopic (exact) mass is 645 g/mol. The Hall–Kier alpha value is -4.12. The number of hydrazine groups is 1. The van der Waals surface area contributed by atoms with Crippen LogP contribution in [0.25, 0.3) is 17.0 Å². The van der Waals surface area contributed by atoms with Gasteiger partial charge < -0.3 is 15.0 Å². The number of carbonyl (C=O) groups is 5. The minimum Gasteiger partial charge on any atom is -0.455 e. The lowest BCUT2D eigenvalue weighted by molar-refractivity contribution is -0.157. The quantitative estimate of drug-likeness (QED) is 0.476. The highest BCUT2D eigenvalue weighted by Gasteiger charge is 2.38. The van der Waals surface area contributed by atoms with E-state index in [-0.39, 0.29) is 30.4 Å². The Morgan fingerprint density at radius 3 is 2.49 bits per heavy atom. The predicted octanol–water partition coefficient (Wildman–Crippen LogP) is 4.12. The van der Waals surface area contributed by atoms with Crippen LogP contribution in [0.3, 0.4) is 0 Å². The second-order valence-corrected chi connectivity index (χ2v) is 14.0. The Balaban J connectivity index is 1.50. The fourth-order valence-electron chi connectivity index (χ4n) is 6.34. The summed E-state index contributed by atoms with van der Waals surface area (Å²) >= 11 is 0. The number of hydrogen-bond donors (Lipinski definition) is 2. The number of rotatable bonds is 3. The van der Waals surface area contributed by atoms with Crippen molar-refractivity contribution in [3.63, 3.8) is 0 Å². The number of carbonyl (C=O) groups excluding carboxylic acids is 5. The van der Waals surface area contributed by atoms with Crippen LogP contribution in [0.4, 0.5) is 0 Å². The molecule has 3 aliphatic rings. The number of benzene rings is 1. The second-order valence-electron chi connectivity index (χ2n) is 14.0. The standard InChI is InChI=1S/C36H47N5O6/c1-22(2)26-20-31(42)36(4,5)15-14-24-10-11-25-12-13-27(37-29(25)19-24)23(3)47-35(46)28-9-8-18-41(39-28)34(45)30(38-33(26)44)21-32(43)40-16-6-7-17-40/h10-15,19,22-23,26,28,30,39H,6-9,16-18,20-21H2,1-5H3,(H,38,44)/b15-14+/t23-,26+,28+,30+/m1/s1. The van der Waals surface area contributed by atoms with Gasteiger partial charge in [0, 0.05) is 42.8 Å². The van der Waals surface area contributed by atoms with E-state index in [1.807, 2.05) is 70.2 Å². The van der Waals surface area contributed by atoms with Crippen molar-refractivity contribution in [2.24, 2.45) is 17.3 Å². The van der Waals surface area contributed by atoms with E-state index in [0.717, 1.165) is 29.3 Å². The molecule has 11 heteroatoms. The minimum atomic E-state index is -1.17. The van der Waals surface area contributed by atoms with Crippen LogP contribution >= 0.6 is 0 Å². The number of fused-ring (bicyclic) bond motifs is 4. The van der Waals surface area contributed by atoms with Crippen LogP contribution in [0, 0.1) is 17.3 Å². The molecule has 4 atom stereocenters. The summed E-state index contributed by atoms with van der Waals surface area (Å²) in [7, 11) is 0. The van der Waals surface area contributed by atoms with Crippen LogP contribution in [0.1, 0.15) is 90.5 Å². The lowest BCUT2D eigenvalue weighted by Gasteiger charge is -2.36. The first kappa shape index (κ1) is 34.2. The number of hydrogen-bond acceptors (Lipinski definition) is 8. The zero-order valence-electron chi connectivity index (χ0n) is 28.1. The zero-order valence-corrected chi connectivity index (χ0v) is 28.1. The van der Waals surface area contributed by atoms with E-state index in [2.05, 4.69) is 10.7 Å². The van der Waals surface area contributed by atoms with Gasteiger partial charge >= 0.3 is 5.97 Å². The Kier molecular flexibility index (Phi) is 10.4. The summed E-state index contributed by atoms with van der Waals surface area (Å²) in [5.41, 5.74) is 4.28. The molecule has 11 nitrogen and oxygen atoms in total. The number of Topliss-reactive ketones (excluding diaryl/α,β-unsaturated/α-hetero) is 1. The number of pyridine rings is 1. The van der Waals surface area contributed by atoms with Crippen molar-refractivity contribution in [1.82, 2.24) is 25.6 Å². The van der Waals surface area contributed by atoms with Gasteiger partial charge in [0.05, 0.1) is 17.6 Å². The number of cyclic esters (lactones) is 1. The predicted molar refractivity (Wildman–Crippen MR) is 177 cm³/mol. The first-order valence-electron chi connectivity index (χ1n) is 16.8. The highest BCUT2D eigenvalue weighted by Crippen LogP contribution is 2.29. The number of amides is 3. The summed E-state index contributed by atoms with van der Waals surface area (Å²) in [6.45, 7) is 10.7. The van der Waals surface area contributed by atoms with E-state index in [1.165, 1.54) is 5.01 Å².